The van der Waals surface area contributed by atoms with Crippen molar-refractivity contribution in [3.8, 4) is 6.07 Å². The summed E-state index contributed by atoms with van der Waals surface area (Å²) in [5.41, 5.74) is 2.04. The summed E-state index contributed by atoms with van der Waals surface area (Å²) in [6.07, 6.45) is 5.46. The number of benzene rings is 1. The van der Waals surface area contributed by atoms with Gasteiger partial charge >= 0.3 is 6.03 Å². The highest BCUT2D eigenvalue weighted by Gasteiger charge is 2.42. The Kier molecular flexibility index (Phi) is 6.28. The Morgan fingerprint density at radius 3 is 2.66 bits per heavy atom. The Morgan fingerprint density at radius 1 is 1.28 bits per heavy atom. The second-order valence-electron chi connectivity index (χ2n) is 9.12. The second kappa shape index (κ2) is 9.13. The molecule has 1 aromatic heterocycles. The number of aliphatic hydroxyl groups excluding tert-OH is 1. The zero-order valence-corrected chi connectivity index (χ0v) is 18.6. The summed E-state index contributed by atoms with van der Waals surface area (Å²) in [5.74, 6) is 0.722. The SMILES string of the molecule is CC1(C)c2cnc(NC3CCC(C#N)CC3)nc2CN1C(=O)N[C@H](CO)c1ccccc1. The number of carbonyl (C=O) groups is 1. The number of urea groups is 1. The first-order chi connectivity index (χ1) is 15.4. The van der Waals surface area contributed by atoms with E-state index in [1.54, 1.807) is 11.1 Å². The van der Waals surface area contributed by atoms with Crippen molar-refractivity contribution in [1.29, 1.82) is 5.26 Å². The topological polar surface area (TPSA) is 114 Å². The van der Waals surface area contributed by atoms with E-state index in [2.05, 4.69) is 21.7 Å². The lowest BCUT2D eigenvalue weighted by Gasteiger charge is -2.33. The van der Waals surface area contributed by atoms with Crippen LogP contribution in [-0.2, 0) is 12.1 Å². The highest BCUT2D eigenvalue weighted by Crippen LogP contribution is 2.38. The van der Waals surface area contributed by atoms with Crippen LogP contribution in [0.2, 0.25) is 0 Å². The van der Waals surface area contributed by atoms with Crippen LogP contribution < -0.4 is 10.6 Å². The Bertz CT molecular complexity index is 995. The van der Waals surface area contributed by atoms with Crippen LogP contribution in [0.5, 0.6) is 0 Å². The van der Waals surface area contributed by atoms with E-state index in [-0.39, 0.29) is 24.6 Å². The van der Waals surface area contributed by atoms with E-state index in [4.69, 9.17) is 10.2 Å². The lowest BCUT2D eigenvalue weighted by molar-refractivity contribution is 0.136. The molecule has 0 radical (unpaired) electrons. The van der Waals surface area contributed by atoms with Gasteiger partial charge in [-0.1, -0.05) is 30.3 Å². The van der Waals surface area contributed by atoms with E-state index in [0.717, 1.165) is 42.5 Å². The van der Waals surface area contributed by atoms with Crippen LogP contribution in [-0.4, -0.2) is 38.7 Å². The number of aliphatic hydroxyl groups is 1. The van der Waals surface area contributed by atoms with Gasteiger partial charge in [-0.05, 0) is 45.1 Å². The fourth-order valence-corrected chi connectivity index (χ4v) is 4.63. The van der Waals surface area contributed by atoms with Crippen LogP contribution in [0.15, 0.2) is 36.5 Å². The maximum Gasteiger partial charge on any atom is 0.319 e. The van der Waals surface area contributed by atoms with Gasteiger partial charge in [-0.2, -0.15) is 5.26 Å². The summed E-state index contributed by atoms with van der Waals surface area (Å²) >= 11 is 0. The first-order valence-corrected chi connectivity index (χ1v) is 11.2. The average molecular weight is 435 g/mol. The van der Waals surface area contributed by atoms with Crippen LogP contribution in [0.25, 0.3) is 0 Å². The number of anilines is 1. The predicted molar refractivity (Wildman–Crippen MR) is 120 cm³/mol. The Morgan fingerprint density at radius 2 is 2.00 bits per heavy atom. The number of hydrogen-bond donors (Lipinski definition) is 3. The van der Waals surface area contributed by atoms with Crippen molar-refractivity contribution in [2.75, 3.05) is 11.9 Å². The van der Waals surface area contributed by atoms with E-state index < -0.39 is 11.6 Å². The van der Waals surface area contributed by atoms with Crippen LogP contribution >= 0.6 is 0 Å². The maximum atomic E-state index is 13.1. The van der Waals surface area contributed by atoms with Crippen molar-refractivity contribution in [2.45, 2.75) is 63.7 Å². The van der Waals surface area contributed by atoms with Gasteiger partial charge < -0.3 is 20.6 Å². The lowest BCUT2D eigenvalue weighted by Crippen LogP contribution is -2.47. The number of aromatic nitrogens is 2. The van der Waals surface area contributed by atoms with E-state index in [1.165, 1.54) is 0 Å². The molecule has 8 nitrogen and oxygen atoms in total. The van der Waals surface area contributed by atoms with Crippen LogP contribution in [0, 0.1) is 17.2 Å². The summed E-state index contributed by atoms with van der Waals surface area (Å²) in [6, 6.07) is 11.3. The number of nitrogens with zero attached hydrogens (tertiary/aromatic N) is 4. The molecule has 1 aliphatic heterocycles. The molecular weight excluding hydrogens is 404 g/mol. The van der Waals surface area contributed by atoms with Crippen molar-refractivity contribution < 1.29 is 9.90 Å². The molecule has 1 aromatic carbocycles. The minimum absolute atomic E-state index is 0.153. The number of amides is 2. The number of carbonyl (C=O) groups excluding carboxylic acids is 1. The van der Waals surface area contributed by atoms with Crippen LogP contribution in [0.4, 0.5) is 10.7 Å². The lowest BCUT2D eigenvalue weighted by atomic mass is 9.87. The average Bonchev–Trinajstić information content (AvgIpc) is 3.08. The van der Waals surface area contributed by atoms with E-state index in [0.29, 0.717) is 12.5 Å². The molecule has 1 aliphatic carbocycles. The molecule has 2 heterocycles. The number of fused-ring (bicyclic) bond motifs is 1. The molecule has 3 N–H and O–H groups in total. The normalized spacial score (nSPS) is 22.5. The van der Waals surface area contributed by atoms with Gasteiger partial charge in [0.05, 0.1) is 36.5 Å². The molecular formula is C24H30N6O2. The molecule has 8 heteroatoms. The Balaban J connectivity index is 1.45. The first-order valence-electron chi connectivity index (χ1n) is 11.2. The number of hydrogen-bond acceptors (Lipinski definition) is 6. The van der Waals surface area contributed by atoms with Gasteiger partial charge in [-0.15, -0.1) is 0 Å². The molecule has 2 amide bonds. The Hall–Kier alpha value is -3.18. The summed E-state index contributed by atoms with van der Waals surface area (Å²) in [4.78, 5) is 24.1. The minimum Gasteiger partial charge on any atom is -0.394 e. The molecule has 0 unspecified atom stereocenters. The molecule has 4 rings (SSSR count). The van der Waals surface area contributed by atoms with Gasteiger partial charge in [0.1, 0.15) is 0 Å². The minimum atomic E-state index is -0.570. The smallest absolute Gasteiger partial charge is 0.319 e. The van der Waals surface area contributed by atoms with Crippen molar-refractivity contribution in [3.05, 3.63) is 53.3 Å². The summed E-state index contributed by atoms with van der Waals surface area (Å²) in [5, 5.41) is 25.3. The largest absolute Gasteiger partial charge is 0.394 e. The summed E-state index contributed by atoms with van der Waals surface area (Å²) in [7, 11) is 0. The Labute approximate surface area is 188 Å². The van der Waals surface area contributed by atoms with Gasteiger partial charge in [-0.25, -0.2) is 14.8 Å². The molecule has 1 fully saturated rings. The molecule has 2 aliphatic rings. The van der Waals surface area contributed by atoms with E-state index in [1.807, 2.05) is 44.2 Å². The van der Waals surface area contributed by atoms with Gasteiger partial charge in [0.15, 0.2) is 0 Å². The molecule has 0 bridgehead atoms. The monoisotopic (exact) mass is 434 g/mol. The van der Waals surface area contributed by atoms with Crippen LogP contribution in [0.1, 0.15) is 62.4 Å². The standard InChI is InChI=1S/C24H30N6O2/c1-24(2)19-13-26-22(27-18-10-8-16(12-25)9-11-18)28-20(19)14-30(24)23(32)29-21(15-31)17-6-4-3-5-7-17/h3-7,13,16,18,21,31H,8-11,14-15H2,1-2H3,(H,29,32)(H,26,27,28)/t16?,18?,21-/m1/s1. The van der Waals surface area contributed by atoms with Gasteiger partial charge in [0, 0.05) is 23.7 Å². The zero-order chi connectivity index (χ0) is 22.7. The number of rotatable bonds is 5. The second-order valence-corrected chi connectivity index (χ2v) is 9.12. The van der Waals surface area contributed by atoms with Crippen LogP contribution in [0.3, 0.4) is 0 Å². The summed E-state index contributed by atoms with van der Waals surface area (Å²) < 4.78 is 0. The summed E-state index contributed by atoms with van der Waals surface area (Å²) in [6.45, 7) is 4.15. The maximum absolute atomic E-state index is 13.1. The fraction of sp³-hybridized carbons (Fsp3) is 0.500. The third kappa shape index (κ3) is 4.39. The third-order valence-corrected chi connectivity index (χ3v) is 6.68. The first kappa shape index (κ1) is 22.0. The third-order valence-electron chi connectivity index (χ3n) is 6.68. The quantitative estimate of drug-likeness (QED) is 0.664. The molecule has 168 valence electrons. The number of nitrogens with one attached hydrogen (secondary N) is 2. The van der Waals surface area contributed by atoms with Crippen molar-refractivity contribution in [2.24, 2.45) is 5.92 Å². The van der Waals surface area contributed by atoms with Crippen molar-refractivity contribution >= 4 is 12.0 Å². The van der Waals surface area contributed by atoms with Gasteiger partial charge in [0.25, 0.3) is 0 Å². The van der Waals surface area contributed by atoms with E-state index >= 15 is 0 Å². The molecule has 1 atom stereocenters. The predicted octanol–water partition coefficient (Wildman–Crippen LogP) is 3.46. The van der Waals surface area contributed by atoms with Gasteiger partial charge in [-0.3, -0.25) is 0 Å². The molecule has 0 saturated heterocycles. The highest BCUT2D eigenvalue weighted by molar-refractivity contribution is 5.77. The highest BCUT2D eigenvalue weighted by atomic mass is 16.3. The fourth-order valence-electron chi connectivity index (χ4n) is 4.63. The van der Waals surface area contributed by atoms with Gasteiger partial charge in [0.2, 0.25) is 5.95 Å². The van der Waals surface area contributed by atoms with E-state index in [9.17, 15) is 9.90 Å². The zero-order valence-electron chi connectivity index (χ0n) is 18.6. The molecule has 1 saturated carbocycles. The van der Waals surface area contributed by atoms with Crippen molar-refractivity contribution in [3.63, 3.8) is 0 Å². The molecule has 2 aromatic rings. The van der Waals surface area contributed by atoms with Crippen molar-refractivity contribution in [1.82, 2.24) is 20.2 Å². The number of nitriles is 1. The molecule has 32 heavy (non-hydrogen) atoms. The molecule has 0 spiro atoms.